The van der Waals surface area contributed by atoms with E-state index in [0.29, 0.717) is 6.42 Å². The molecule has 8 nitrogen and oxygen atoms in total. The van der Waals surface area contributed by atoms with Crippen LogP contribution in [0.5, 0.6) is 11.5 Å². The summed E-state index contributed by atoms with van der Waals surface area (Å²) in [5.74, 6) is 8.17. The van der Waals surface area contributed by atoms with Crippen LogP contribution in [0.3, 0.4) is 0 Å². The van der Waals surface area contributed by atoms with Crippen LogP contribution in [0.1, 0.15) is 16.7 Å². The molecule has 2 aromatic carbocycles. The summed E-state index contributed by atoms with van der Waals surface area (Å²) < 4.78 is 15.8. The maximum atomic E-state index is 11.5. The second-order valence-corrected chi connectivity index (χ2v) is 11.7. The van der Waals surface area contributed by atoms with Crippen molar-refractivity contribution < 1.29 is 14.6 Å². The molecule has 2 unspecified atom stereocenters. The number of ether oxygens (including phenoxy) is 2. The molecule has 226 valence electrons. The third-order valence-electron chi connectivity index (χ3n) is 8.29. The lowest BCUT2D eigenvalue weighted by atomic mass is 9.97. The Morgan fingerprint density at radius 2 is 1.53 bits per heavy atom. The summed E-state index contributed by atoms with van der Waals surface area (Å²) in [5.41, 5.74) is 7.45. The largest absolute Gasteiger partial charge is 0.496 e. The highest BCUT2D eigenvalue weighted by Crippen LogP contribution is 2.38. The van der Waals surface area contributed by atoms with Gasteiger partial charge in [0.2, 0.25) is 0 Å². The van der Waals surface area contributed by atoms with Crippen molar-refractivity contribution in [2.75, 3.05) is 49.0 Å². The van der Waals surface area contributed by atoms with Crippen molar-refractivity contribution >= 4 is 21.8 Å². The number of methoxy groups -OCH3 is 2. The predicted molar refractivity (Wildman–Crippen MR) is 175 cm³/mol. The van der Waals surface area contributed by atoms with Gasteiger partial charge in [-0.15, -0.1) is 0 Å². The molecule has 0 spiro atoms. The minimum absolute atomic E-state index is 0.241. The number of aromatic nitrogens is 3. The smallest absolute Gasteiger partial charge is 0.130 e. The summed E-state index contributed by atoms with van der Waals surface area (Å²) in [4.78, 5) is 7.56. The Morgan fingerprint density at radius 3 is 2.16 bits per heavy atom. The summed E-state index contributed by atoms with van der Waals surface area (Å²) in [6.45, 7) is 0.937. The summed E-state index contributed by atoms with van der Waals surface area (Å²) in [5, 5.41) is 13.6. The molecule has 2 N–H and O–H groups in total. The number of aromatic amines is 1. The van der Waals surface area contributed by atoms with Crippen LogP contribution in [0.15, 0.2) is 55.0 Å². The molecule has 5 rings (SSSR count). The third-order valence-corrected chi connectivity index (χ3v) is 8.29. The fraction of sp³-hybridized carbons (Fsp3) is 0.371. The highest BCUT2D eigenvalue weighted by molar-refractivity contribution is 6.00. The standard InChI is InChI=1S/C35H43N5O3/c1-37(2)19-17-24-21-39(5)34-23(12-15-30(42-7)32(24)34)11-14-29(41)28(38(3)4)20-25-22-40(6)35-26(27-10-9-18-36-27)13-16-31(43-8)33(25)35/h9-10,12-13,15-16,18,21-22,28-29,36,41H,17,19-20H2,1-8H3. The highest BCUT2D eigenvalue weighted by atomic mass is 16.5. The molecule has 0 aliphatic rings. The molecule has 0 radical (unpaired) electrons. The molecule has 0 fully saturated rings. The molecule has 0 aliphatic heterocycles. The third kappa shape index (κ3) is 5.89. The Labute approximate surface area is 254 Å². The fourth-order valence-corrected chi connectivity index (χ4v) is 6.12. The molecule has 0 aliphatic carbocycles. The Morgan fingerprint density at radius 1 is 0.884 bits per heavy atom. The van der Waals surface area contributed by atoms with Crippen molar-refractivity contribution in [3.05, 3.63) is 71.7 Å². The van der Waals surface area contributed by atoms with Crippen LogP contribution in [0.4, 0.5) is 0 Å². The van der Waals surface area contributed by atoms with Gasteiger partial charge in [0.25, 0.3) is 0 Å². The van der Waals surface area contributed by atoms with Crippen molar-refractivity contribution in [2.45, 2.75) is 25.0 Å². The second-order valence-electron chi connectivity index (χ2n) is 11.7. The lowest BCUT2D eigenvalue weighted by Gasteiger charge is -2.26. The van der Waals surface area contributed by atoms with Gasteiger partial charge in [0.15, 0.2) is 0 Å². The molecule has 5 aromatic rings. The van der Waals surface area contributed by atoms with E-state index < -0.39 is 6.10 Å². The number of hydrogen-bond donors (Lipinski definition) is 2. The Hall–Kier alpha value is -4.16. The first kappa shape index (κ1) is 30.3. The molecule has 0 amide bonds. The number of nitrogens with one attached hydrogen (secondary N) is 1. The monoisotopic (exact) mass is 581 g/mol. The van der Waals surface area contributed by atoms with E-state index in [-0.39, 0.29) is 6.04 Å². The van der Waals surface area contributed by atoms with Gasteiger partial charge >= 0.3 is 0 Å². The molecule has 43 heavy (non-hydrogen) atoms. The maximum Gasteiger partial charge on any atom is 0.130 e. The first-order chi connectivity index (χ1) is 20.6. The van der Waals surface area contributed by atoms with E-state index in [4.69, 9.17) is 9.47 Å². The summed E-state index contributed by atoms with van der Waals surface area (Å²) in [6.07, 6.45) is 6.86. The zero-order valence-corrected chi connectivity index (χ0v) is 26.5. The van der Waals surface area contributed by atoms with Gasteiger partial charge in [0.05, 0.1) is 31.3 Å². The topological polar surface area (TPSA) is 70.8 Å². The van der Waals surface area contributed by atoms with Gasteiger partial charge in [0.1, 0.15) is 17.6 Å². The van der Waals surface area contributed by atoms with Gasteiger partial charge in [-0.3, -0.25) is 0 Å². The first-order valence-electron chi connectivity index (χ1n) is 14.6. The van der Waals surface area contributed by atoms with Crippen molar-refractivity contribution in [1.82, 2.24) is 23.9 Å². The van der Waals surface area contributed by atoms with E-state index in [1.807, 2.05) is 56.5 Å². The molecule has 8 heteroatoms. The van der Waals surface area contributed by atoms with Crippen LogP contribution < -0.4 is 9.47 Å². The SMILES string of the molecule is COc1ccc(C#CC(O)C(Cc2cn(C)c3c(-c4ccc[nH]4)ccc(OC)c23)N(C)C)c2c1c(CCN(C)C)cn2C. The summed E-state index contributed by atoms with van der Waals surface area (Å²) >= 11 is 0. The van der Waals surface area contributed by atoms with Crippen molar-refractivity contribution in [1.29, 1.82) is 0 Å². The van der Waals surface area contributed by atoms with Gasteiger partial charge < -0.3 is 38.5 Å². The zero-order valence-electron chi connectivity index (χ0n) is 26.5. The molecule has 3 heterocycles. The number of benzene rings is 2. The minimum atomic E-state index is -0.881. The Bertz CT molecular complexity index is 1780. The average Bonchev–Trinajstić information content (AvgIpc) is 3.72. The lowest BCUT2D eigenvalue weighted by Crippen LogP contribution is -2.40. The van der Waals surface area contributed by atoms with Crippen LogP contribution >= 0.6 is 0 Å². The number of likely N-dealkylation sites (N-methyl/N-ethyl adjacent to an activating group) is 2. The van der Waals surface area contributed by atoms with Crippen LogP contribution in [-0.2, 0) is 26.9 Å². The van der Waals surface area contributed by atoms with Gasteiger partial charge in [-0.25, -0.2) is 0 Å². The van der Waals surface area contributed by atoms with Gasteiger partial charge in [-0.2, -0.15) is 0 Å². The first-order valence-corrected chi connectivity index (χ1v) is 14.6. The molecule has 0 saturated heterocycles. The number of aryl methyl sites for hydroxylation is 2. The lowest BCUT2D eigenvalue weighted by molar-refractivity contribution is 0.119. The number of H-pyrrole nitrogens is 1. The Kier molecular flexibility index (Phi) is 8.88. The summed E-state index contributed by atoms with van der Waals surface area (Å²) in [7, 11) is 15.6. The molecule has 0 saturated carbocycles. The maximum absolute atomic E-state index is 11.5. The molecule has 0 bridgehead atoms. The van der Waals surface area contributed by atoms with Crippen LogP contribution in [0.2, 0.25) is 0 Å². The highest BCUT2D eigenvalue weighted by Gasteiger charge is 2.25. The van der Waals surface area contributed by atoms with Crippen LogP contribution in [0.25, 0.3) is 33.1 Å². The number of hydrogen-bond acceptors (Lipinski definition) is 5. The zero-order chi connectivity index (χ0) is 30.8. The van der Waals surface area contributed by atoms with Crippen LogP contribution in [-0.4, -0.2) is 90.1 Å². The van der Waals surface area contributed by atoms with Crippen molar-refractivity contribution in [3.8, 4) is 34.6 Å². The fourth-order valence-electron chi connectivity index (χ4n) is 6.12. The number of nitrogens with zero attached hydrogens (tertiary/aromatic N) is 4. The normalized spacial score (nSPS) is 13.1. The minimum Gasteiger partial charge on any atom is -0.496 e. The van der Waals surface area contributed by atoms with E-state index >= 15 is 0 Å². The number of fused-ring (bicyclic) bond motifs is 2. The van der Waals surface area contributed by atoms with E-state index in [2.05, 4.69) is 76.5 Å². The molecular formula is C35H43N5O3. The van der Waals surface area contributed by atoms with E-state index in [1.165, 1.54) is 5.56 Å². The molecule has 2 atom stereocenters. The predicted octanol–water partition coefficient (Wildman–Crippen LogP) is 4.67. The van der Waals surface area contributed by atoms with Gasteiger partial charge in [-0.05, 0) is 88.6 Å². The van der Waals surface area contributed by atoms with E-state index in [1.54, 1.807) is 14.2 Å². The Balaban J connectivity index is 1.51. The van der Waals surface area contributed by atoms with E-state index in [0.717, 1.165) is 68.7 Å². The van der Waals surface area contributed by atoms with Gasteiger partial charge in [0, 0.05) is 66.8 Å². The number of rotatable bonds is 10. The average molecular weight is 582 g/mol. The molecular weight excluding hydrogens is 538 g/mol. The number of aliphatic hydroxyl groups is 1. The van der Waals surface area contributed by atoms with Crippen molar-refractivity contribution in [3.63, 3.8) is 0 Å². The van der Waals surface area contributed by atoms with Crippen molar-refractivity contribution in [2.24, 2.45) is 14.1 Å². The quantitative estimate of drug-likeness (QED) is 0.235. The summed E-state index contributed by atoms with van der Waals surface area (Å²) in [6, 6.07) is 11.9. The molecule has 3 aromatic heterocycles. The number of aliphatic hydroxyl groups excluding tert-OH is 1. The van der Waals surface area contributed by atoms with E-state index in [9.17, 15) is 5.11 Å². The van der Waals surface area contributed by atoms with Gasteiger partial charge in [-0.1, -0.05) is 11.8 Å². The van der Waals surface area contributed by atoms with Crippen LogP contribution in [0, 0.1) is 11.8 Å². The second kappa shape index (κ2) is 12.6.